The summed E-state index contributed by atoms with van der Waals surface area (Å²) in [4.78, 5) is 10.5. The van der Waals surface area contributed by atoms with Gasteiger partial charge in [-0.05, 0) is 50.6 Å². The summed E-state index contributed by atoms with van der Waals surface area (Å²) in [6, 6.07) is 12.0. The quantitative estimate of drug-likeness (QED) is 0.315. The van der Waals surface area contributed by atoms with E-state index in [4.69, 9.17) is 0 Å². The maximum Gasteiger partial charge on any atom is 0.417 e. The van der Waals surface area contributed by atoms with Crippen molar-refractivity contribution in [2.45, 2.75) is 37.7 Å². The molecule has 0 amide bonds. The number of halogens is 4. The van der Waals surface area contributed by atoms with Gasteiger partial charge in [0.2, 0.25) is 0 Å². The van der Waals surface area contributed by atoms with Crippen molar-refractivity contribution in [3.05, 3.63) is 66.6 Å². The van der Waals surface area contributed by atoms with E-state index in [1.807, 2.05) is 30.1 Å². The molecule has 0 saturated carbocycles. The number of pyridine rings is 2. The van der Waals surface area contributed by atoms with Gasteiger partial charge >= 0.3 is 6.18 Å². The van der Waals surface area contributed by atoms with Crippen LogP contribution in [0.2, 0.25) is 0 Å². The van der Waals surface area contributed by atoms with Gasteiger partial charge in [-0.3, -0.25) is 4.98 Å². The summed E-state index contributed by atoms with van der Waals surface area (Å²) in [5.74, 6) is 0.732. The van der Waals surface area contributed by atoms with Crippen molar-refractivity contribution in [3.63, 3.8) is 0 Å². The van der Waals surface area contributed by atoms with Crippen LogP contribution in [-0.2, 0) is 6.42 Å². The van der Waals surface area contributed by atoms with Gasteiger partial charge in [0.05, 0.1) is 17.3 Å². The average molecular weight is 488 g/mol. The number of likely N-dealkylation sites (tertiary alicyclic amines) is 1. The van der Waals surface area contributed by atoms with Crippen molar-refractivity contribution >= 4 is 27.9 Å². The summed E-state index contributed by atoms with van der Waals surface area (Å²) in [5.41, 5.74) is -0.0522. The van der Waals surface area contributed by atoms with Crippen LogP contribution < -0.4 is 10.6 Å². The molecule has 4 rings (SSSR count). The lowest BCUT2D eigenvalue weighted by Crippen LogP contribution is -2.46. The fraction of sp³-hybridized carbons (Fsp3) is 0.385. The van der Waals surface area contributed by atoms with E-state index in [0.29, 0.717) is 54.5 Å². The highest BCUT2D eigenvalue weighted by Crippen LogP contribution is 2.37. The number of allylic oxidation sites excluding steroid dienone is 1. The fourth-order valence-corrected chi connectivity index (χ4v) is 4.32. The minimum Gasteiger partial charge on any atom is -0.379 e. The van der Waals surface area contributed by atoms with E-state index in [9.17, 15) is 17.6 Å². The summed E-state index contributed by atoms with van der Waals surface area (Å²) in [5, 5.41) is 7.38. The highest BCUT2D eigenvalue weighted by atomic mass is 19.4. The van der Waals surface area contributed by atoms with Gasteiger partial charge < -0.3 is 15.5 Å². The van der Waals surface area contributed by atoms with Crippen molar-refractivity contribution < 1.29 is 17.6 Å². The van der Waals surface area contributed by atoms with Crippen LogP contribution in [0.1, 0.15) is 24.2 Å². The van der Waals surface area contributed by atoms with E-state index < -0.39 is 24.0 Å². The number of nitrogens with zero attached hydrogens (tertiary/aromatic N) is 3. The molecule has 9 heteroatoms. The number of hydrogen-bond acceptors (Lipinski definition) is 5. The van der Waals surface area contributed by atoms with Gasteiger partial charge in [0.25, 0.3) is 0 Å². The maximum atomic E-state index is 14.7. The molecule has 0 unspecified atom stereocenters. The summed E-state index contributed by atoms with van der Waals surface area (Å²) >= 11 is 0. The zero-order chi connectivity index (χ0) is 25.0. The monoisotopic (exact) mass is 487 g/mol. The standard InChI is InChI=1S/C26H29F4N5/c1-17(26(28,29)30)25-19-8-5-9-22(34-23-11-14-35(2)16-21(23)27)20(19)15-18(33-25)7-6-13-32-24-10-3-4-12-31-24/h3-5,8-10,12,15,21,23,34H,1,6-7,11,13-14,16H2,2H3,(H,31,32)/t21-,23+/m0/s1. The SMILES string of the molecule is C=C(c1nc(CCCNc2ccccn2)cc2c(N[C@@H]3CCN(C)C[C@@H]3F)cccc12)C(F)(F)F. The van der Waals surface area contributed by atoms with E-state index in [0.717, 1.165) is 12.4 Å². The largest absolute Gasteiger partial charge is 0.417 e. The number of fused-ring (bicyclic) bond motifs is 1. The molecule has 35 heavy (non-hydrogen) atoms. The summed E-state index contributed by atoms with van der Waals surface area (Å²) in [6.45, 7) is 4.94. The number of piperidine rings is 1. The topological polar surface area (TPSA) is 53.1 Å². The first-order valence-corrected chi connectivity index (χ1v) is 11.7. The van der Waals surface area contributed by atoms with E-state index >= 15 is 0 Å². The molecule has 0 spiro atoms. The first-order valence-electron chi connectivity index (χ1n) is 11.7. The second-order valence-electron chi connectivity index (χ2n) is 8.90. The van der Waals surface area contributed by atoms with Crippen LogP contribution in [0, 0.1) is 0 Å². The molecule has 2 N–H and O–H groups in total. The molecule has 3 aromatic rings. The maximum absolute atomic E-state index is 14.7. The third-order valence-electron chi connectivity index (χ3n) is 6.22. The Kier molecular flexibility index (Phi) is 7.54. The summed E-state index contributed by atoms with van der Waals surface area (Å²) in [6.07, 6.45) is -2.30. The van der Waals surface area contributed by atoms with Crippen LogP contribution in [0.5, 0.6) is 0 Å². The van der Waals surface area contributed by atoms with Crippen molar-refractivity contribution in [3.8, 4) is 0 Å². The Morgan fingerprint density at radius 2 is 2.00 bits per heavy atom. The molecular weight excluding hydrogens is 458 g/mol. The van der Waals surface area contributed by atoms with Crippen LogP contribution >= 0.6 is 0 Å². The molecule has 0 aliphatic carbocycles. The number of anilines is 2. The molecule has 186 valence electrons. The Morgan fingerprint density at radius 3 is 2.71 bits per heavy atom. The molecule has 3 heterocycles. The molecule has 1 aromatic carbocycles. The number of aryl methyl sites for hydroxylation is 1. The zero-order valence-corrected chi connectivity index (χ0v) is 19.6. The fourth-order valence-electron chi connectivity index (χ4n) is 4.32. The molecule has 0 bridgehead atoms. The summed E-state index contributed by atoms with van der Waals surface area (Å²) < 4.78 is 55.6. The highest BCUT2D eigenvalue weighted by Gasteiger charge is 2.35. The normalized spacial score (nSPS) is 19.0. The smallest absolute Gasteiger partial charge is 0.379 e. The Hall–Kier alpha value is -3.20. The van der Waals surface area contributed by atoms with Crippen molar-refractivity contribution in [1.29, 1.82) is 0 Å². The van der Waals surface area contributed by atoms with Gasteiger partial charge in [-0.1, -0.05) is 24.8 Å². The van der Waals surface area contributed by atoms with Gasteiger partial charge in [-0.15, -0.1) is 0 Å². The molecular formula is C26H29F4N5. The number of hydrogen-bond donors (Lipinski definition) is 2. The number of rotatable bonds is 8. The second kappa shape index (κ2) is 10.6. The third kappa shape index (κ3) is 6.08. The first kappa shape index (κ1) is 24.9. The average Bonchev–Trinajstić information content (AvgIpc) is 2.83. The molecule has 2 aromatic heterocycles. The molecule has 1 aliphatic rings. The lowest BCUT2D eigenvalue weighted by molar-refractivity contribution is -0.0688. The predicted octanol–water partition coefficient (Wildman–Crippen LogP) is 5.70. The van der Waals surface area contributed by atoms with E-state index in [1.165, 1.54) is 0 Å². The Morgan fingerprint density at radius 1 is 1.17 bits per heavy atom. The molecule has 1 fully saturated rings. The third-order valence-corrected chi connectivity index (χ3v) is 6.22. The van der Waals surface area contributed by atoms with Crippen LogP contribution in [0.4, 0.5) is 29.1 Å². The number of alkyl halides is 4. The zero-order valence-electron chi connectivity index (χ0n) is 19.6. The lowest BCUT2D eigenvalue weighted by atomic mass is 9.99. The van der Waals surface area contributed by atoms with Crippen LogP contribution in [0.3, 0.4) is 0 Å². The second-order valence-corrected chi connectivity index (χ2v) is 8.90. The first-order chi connectivity index (χ1) is 16.7. The molecule has 2 atom stereocenters. The predicted molar refractivity (Wildman–Crippen MR) is 132 cm³/mol. The van der Waals surface area contributed by atoms with Crippen LogP contribution in [-0.4, -0.2) is 59.9 Å². The Balaban J connectivity index is 1.62. The number of benzene rings is 1. The van der Waals surface area contributed by atoms with Crippen molar-refractivity contribution in [2.75, 3.05) is 37.3 Å². The van der Waals surface area contributed by atoms with E-state index in [1.54, 1.807) is 30.5 Å². The lowest BCUT2D eigenvalue weighted by Gasteiger charge is -2.33. The van der Waals surface area contributed by atoms with E-state index in [-0.39, 0.29) is 5.69 Å². The minimum absolute atomic E-state index is 0.188. The summed E-state index contributed by atoms with van der Waals surface area (Å²) in [7, 11) is 1.87. The van der Waals surface area contributed by atoms with Crippen LogP contribution in [0.25, 0.3) is 16.3 Å². The van der Waals surface area contributed by atoms with Gasteiger partial charge in [0, 0.05) is 48.0 Å². The van der Waals surface area contributed by atoms with Gasteiger partial charge in [0.1, 0.15) is 12.0 Å². The van der Waals surface area contributed by atoms with Gasteiger partial charge in [-0.25, -0.2) is 9.37 Å². The molecule has 0 radical (unpaired) electrons. The van der Waals surface area contributed by atoms with E-state index in [2.05, 4.69) is 27.2 Å². The minimum atomic E-state index is -4.61. The molecule has 1 saturated heterocycles. The number of nitrogens with one attached hydrogen (secondary N) is 2. The van der Waals surface area contributed by atoms with Crippen molar-refractivity contribution in [1.82, 2.24) is 14.9 Å². The molecule has 1 aliphatic heterocycles. The number of aromatic nitrogens is 2. The van der Waals surface area contributed by atoms with Crippen LogP contribution in [0.15, 0.2) is 55.2 Å². The van der Waals surface area contributed by atoms with Crippen molar-refractivity contribution in [2.24, 2.45) is 0 Å². The molecule has 5 nitrogen and oxygen atoms in total. The Bertz CT molecular complexity index is 1170. The highest BCUT2D eigenvalue weighted by molar-refractivity contribution is 6.00. The van der Waals surface area contributed by atoms with Gasteiger partial charge in [-0.2, -0.15) is 13.2 Å². The van der Waals surface area contributed by atoms with Gasteiger partial charge in [0.15, 0.2) is 0 Å². The Labute approximate surface area is 202 Å².